The van der Waals surface area contributed by atoms with Gasteiger partial charge in [0.25, 0.3) is 0 Å². The number of nitrogens with zero attached hydrogens (tertiary/aromatic N) is 2. The van der Waals surface area contributed by atoms with E-state index >= 15 is 0 Å². The fraction of sp³-hybridized carbons (Fsp3) is 0.556. The lowest BCUT2D eigenvalue weighted by molar-refractivity contribution is -0.146. The molecule has 0 bridgehead atoms. The lowest BCUT2D eigenvalue weighted by Gasteiger charge is -2.40. The molecule has 5 nitrogen and oxygen atoms in total. The van der Waals surface area contributed by atoms with Gasteiger partial charge in [0.15, 0.2) is 0 Å². The van der Waals surface area contributed by atoms with Gasteiger partial charge in [0.1, 0.15) is 0 Å². The number of benzene rings is 1. The van der Waals surface area contributed by atoms with Gasteiger partial charge >= 0.3 is 0 Å². The summed E-state index contributed by atoms with van der Waals surface area (Å²) in [5, 5.41) is 0. The second-order valence-electron chi connectivity index (χ2n) is 6.68. The van der Waals surface area contributed by atoms with Crippen LogP contribution in [-0.4, -0.2) is 48.3 Å². The summed E-state index contributed by atoms with van der Waals surface area (Å²) in [6.07, 6.45) is 2.06. The molecule has 2 fully saturated rings. The highest BCUT2D eigenvalue weighted by molar-refractivity contribution is 5.85. The second kappa shape index (κ2) is 6.71. The van der Waals surface area contributed by atoms with Crippen molar-refractivity contribution < 1.29 is 9.59 Å². The van der Waals surface area contributed by atoms with Gasteiger partial charge in [-0.1, -0.05) is 30.3 Å². The molecule has 0 saturated carbocycles. The molecule has 3 unspecified atom stereocenters. The quantitative estimate of drug-likeness (QED) is 0.917. The van der Waals surface area contributed by atoms with Crippen LogP contribution in [0, 0.1) is 11.8 Å². The Morgan fingerprint density at radius 3 is 2.65 bits per heavy atom. The van der Waals surface area contributed by atoms with E-state index in [9.17, 15) is 9.59 Å². The van der Waals surface area contributed by atoms with Crippen LogP contribution in [0.1, 0.15) is 30.9 Å². The highest BCUT2D eigenvalue weighted by atomic mass is 16.2. The Balaban J connectivity index is 1.84. The molecule has 0 spiro atoms. The molecule has 5 heteroatoms. The van der Waals surface area contributed by atoms with E-state index in [1.807, 2.05) is 42.3 Å². The smallest absolute Gasteiger partial charge is 0.228 e. The second-order valence-corrected chi connectivity index (χ2v) is 6.68. The number of hydrogen-bond acceptors (Lipinski definition) is 3. The normalized spacial score (nSPS) is 28.3. The van der Waals surface area contributed by atoms with Crippen molar-refractivity contribution in [1.29, 1.82) is 0 Å². The Morgan fingerprint density at radius 2 is 2.00 bits per heavy atom. The summed E-state index contributed by atoms with van der Waals surface area (Å²) in [4.78, 5) is 28.9. The number of nitrogens with two attached hydrogens (primary N) is 1. The molecule has 3 rings (SSSR count). The van der Waals surface area contributed by atoms with Gasteiger partial charge in [0.05, 0.1) is 12.0 Å². The zero-order valence-corrected chi connectivity index (χ0v) is 13.6. The van der Waals surface area contributed by atoms with E-state index < -0.39 is 0 Å². The van der Waals surface area contributed by atoms with Crippen LogP contribution >= 0.6 is 0 Å². The van der Waals surface area contributed by atoms with Crippen LogP contribution in [0.5, 0.6) is 0 Å². The number of hydrogen-bond donors (Lipinski definition) is 1. The van der Waals surface area contributed by atoms with Crippen molar-refractivity contribution in [2.75, 3.05) is 26.7 Å². The predicted octanol–water partition coefficient (Wildman–Crippen LogP) is 1.40. The summed E-state index contributed by atoms with van der Waals surface area (Å²) in [5.74, 6) is 0.548. The summed E-state index contributed by atoms with van der Waals surface area (Å²) in [6, 6.07) is 9.73. The highest BCUT2D eigenvalue weighted by Crippen LogP contribution is 2.37. The van der Waals surface area contributed by atoms with Crippen LogP contribution in [0.25, 0.3) is 0 Å². The maximum absolute atomic E-state index is 13.0. The third-order valence-corrected chi connectivity index (χ3v) is 5.25. The van der Waals surface area contributed by atoms with Crippen LogP contribution in [0.15, 0.2) is 30.3 Å². The van der Waals surface area contributed by atoms with Crippen molar-refractivity contribution in [3.8, 4) is 0 Å². The minimum Gasteiger partial charge on any atom is -0.342 e. The van der Waals surface area contributed by atoms with Crippen LogP contribution in [0.3, 0.4) is 0 Å². The van der Waals surface area contributed by atoms with Crippen LogP contribution < -0.4 is 5.73 Å². The summed E-state index contributed by atoms with van der Waals surface area (Å²) in [6.45, 7) is 2.18. The van der Waals surface area contributed by atoms with Crippen LogP contribution in [0.4, 0.5) is 0 Å². The molecule has 1 aromatic carbocycles. The maximum atomic E-state index is 13.0. The summed E-state index contributed by atoms with van der Waals surface area (Å²) in [7, 11) is 1.81. The van der Waals surface area contributed by atoms with E-state index in [2.05, 4.69) is 0 Å². The average molecular weight is 315 g/mol. The number of piperidine rings is 1. The van der Waals surface area contributed by atoms with E-state index in [0.29, 0.717) is 25.3 Å². The molecule has 2 amide bonds. The lowest BCUT2D eigenvalue weighted by Crippen LogP contribution is -2.47. The monoisotopic (exact) mass is 315 g/mol. The molecule has 3 atom stereocenters. The zero-order valence-electron chi connectivity index (χ0n) is 13.6. The van der Waals surface area contributed by atoms with Gasteiger partial charge in [0, 0.05) is 26.6 Å². The molecule has 0 aromatic heterocycles. The molecule has 2 aliphatic rings. The molecular weight excluding hydrogens is 290 g/mol. The predicted molar refractivity (Wildman–Crippen MR) is 88.4 cm³/mol. The lowest BCUT2D eigenvalue weighted by atomic mass is 9.83. The number of carbonyl (C=O) groups is 2. The number of amides is 2. The molecule has 2 heterocycles. The first-order valence-corrected chi connectivity index (χ1v) is 8.41. The van der Waals surface area contributed by atoms with Crippen LogP contribution in [-0.2, 0) is 9.59 Å². The number of rotatable bonds is 3. The Hall–Kier alpha value is -1.88. The highest BCUT2D eigenvalue weighted by Gasteiger charge is 2.41. The Bertz CT molecular complexity index is 575. The fourth-order valence-corrected chi connectivity index (χ4v) is 3.86. The van der Waals surface area contributed by atoms with Gasteiger partial charge in [-0.25, -0.2) is 0 Å². The molecule has 1 aromatic rings. The van der Waals surface area contributed by atoms with E-state index in [0.717, 1.165) is 25.1 Å². The van der Waals surface area contributed by atoms with Crippen molar-refractivity contribution in [3.63, 3.8) is 0 Å². The van der Waals surface area contributed by atoms with Crippen molar-refractivity contribution in [2.45, 2.75) is 25.3 Å². The molecule has 2 aliphatic heterocycles. The van der Waals surface area contributed by atoms with Gasteiger partial charge in [-0.2, -0.15) is 0 Å². The first kappa shape index (κ1) is 16.0. The minimum atomic E-state index is -0.165. The molecule has 2 saturated heterocycles. The third kappa shape index (κ3) is 3.11. The van der Waals surface area contributed by atoms with E-state index in [4.69, 9.17) is 5.73 Å². The van der Waals surface area contributed by atoms with Gasteiger partial charge in [-0.15, -0.1) is 0 Å². The van der Waals surface area contributed by atoms with E-state index in [1.165, 1.54) is 0 Å². The van der Waals surface area contributed by atoms with Gasteiger partial charge in [-0.3, -0.25) is 9.59 Å². The topological polar surface area (TPSA) is 66.6 Å². The Morgan fingerprint density at radius 1 is 1.26 bits per heavy atom. The van der Waals surface area contributed by atoms with Gasteiger partial charge in [-0.05, 0) is 30.9 Å². The third-order valence-electron chi connectivity index (χ3n) is 5.25. The minimum absolute atomic E-state index is 0.115. The van der Waals surface area contributed by atoms with Crippen molar-refractivity contribution in [1.82, 2.24) is 9.80 Å². The Kier molecular flexibility index (Phi) is 4.66. The SMILES string of the molecule is CN1C(=O)CCC(C(=O)N2CCC(CN)C2)C1c1ccccc1. The molecular formula is C18H25N3O2. The number of carbonyl (C=O) groups excluding carboxylic acids is 2. The van der Waals surface area contributed by atoms with Crippen molar-refractivity contribution in [3.05, 3.63) is 35.9 Å². The van der Waals surface area contributed by atoms with Crippen molar-refractivity contribution in [2.24, 2.45) is 17.6 Å². The van der Waals surface area contributed by atoms with Crippen molar-refractivity contribution >= 4 is 11.8 Å². The Labute approximate surface area is 137 Å². The first-order valence-electron chi connectivity index (χ1n) is 8.41. The van der Waals surface area contributed by atoms with E-state index in [-0.39, 0.29) is 23.8 Å². The molecule has 23 heavy (non-hydrogen) atoms. The zero-order chi connectivity index (χ0) is 16.4. The molecule has 0 aliphatic carbocycles. The summed E-state index contributed by atoms with van der Waals surface area (Å²) in [5.41, 5.74) is 6.78. The largest absolute Gasteiger partial charge is 0.342 e. The van der Waals surface area contributed by atoms with Gasteiger partial charge in [0.2, 0.25) is 11.8 Å². The molecule has 0 radical (unpaired) electrons. The maximum Gasteiger partial charge on any atom is 0.228 e. The van der Waals surface area contributed by atoms with E-state index in [1.54, 1.807) is 4.90 Å². The summed E-state index contributed by atoms with van der Waals surface area (Å²) >= 11 is 0. The molecule has 2 N–H and O–H groups in total. The molecule has 124 valence electrons. The average Bonchev–Trinajstić information content (AvgIpc) is 3.06. The first-order chi connectivity index (χ1) is 11.1. The van der Waals surface area contributed by atoms with Crippen LogP contribution in [0.2, 0.25) is 0 Å². The van der Waals surface area contributed by atoms with Gasteiger partial charge < -0.3 is 15.5 Å². The summed E-state index contributed by atoms with van der Waals surface area (Å²) < 4.78 is 0. The number of likely N-dealkylation sites (tertiary alicyclic amines) is 2. The standard InChI is InChI=1S/C18H25N3O2/c1-20-16(22)8-7-15(17(20)14-5-3-2-4-6-14)18(23)21-10-9-13(11-19)12-21/h2-6,13,15,17H,7-12,19H2,1H3. The fourth-order valence-electron chi connectivity index (χ4n) is 3.86.